The summed E-state index contributed by atoms with van der Waals surface area (Å²) >= 11 is 0. The standard InChI is InChI=1S/C6H17NO6P2.2H3N/c1-2-3-4-7(5-14(8,9)10)6-15(11,12)13;;/h2-6H2,1H3,(H2,8,9,10)(H2,11,12,13);2*1H3/p-2. The Bertz CT molecular complexity index is 253. The monoisotopic (exact) mass is 293 g/mol. The summed E-state index contributed by atoms with van der Waals surface area (Å²) in [6, 6.07) is 0. The molecule has 0 aliphatic heterocycles. The minimum absolute atomic E-state index is 0. The van der Waals surface area contributed by atoms with Crippen LogP contribution in [0.3, 0.4) is 0 Å². The summed E-state index contributed by atoms with van der Waals surface area (Å²) < 4.78 is 20.9. The van der Waals surface area contributed by atoms with Crippen molar-refractivity contribution in [3.05, 3.63) is 0 Å². The van der Waals surface area contributed by atoms with Crippen molar-refractivity contribution >= 4 is 15.2 Å². The predicted octanol–water partition coefficient (Wildman–Crippen LogP) is -1.42. The Kier molecular flexibility index (Phi) is 12.0. The van der Waals surface area contributed by atoms with Gasteiger partial charge in [0.1, 0.15) is 0 Å². The molecule has 0 saturated heterocycles. The molecule has 8 N–H and O–H groups in total. The van der Waals surface area contributed by atoms with Crippen LogP contribution in [0.15, 0.2) is 0 Å². The summed E-state index contributed by atoms with van der Waals surface area (Å²) in [7, 11) is -9.64. The lowest BCUT2D eigenvalue weighted by atomic mass is 10.3. The first-order valence-corrected chi connectivity index (χ1v) is 7.84. The van der Waals surface area contributed by atoms with Crippen molar-refractivity contribution in [1.29, 1.82) is 0 Å². The smallest absolute Gasteiger partial charge is 0.0264 e. The molecule has 0 heterocycles. The van der Waals surface area contributed by atoms with Gasteiger partial charge < -0.3 is 41.0 Å². The topological polar surface area (TPSA) is 203 Å². The van der Waals surface area contributed by atoms with Crippen LogP contribution >= 0.6 is 15.2 Å². The number of quaternary nitrogens is 2. The fourth-order valence-corrected chi connectivity index (χ4v) is 2.68. The first-order valence-electron chi connectivity index (χ1n) is 4.38. The van der Waals surface area contributed by atoms with E-state index in [1.807, 2.05) is 6.92 Å². The second-order valence-electron chi connectivity index (χ2n) is 3.25. The third-order valence-corrected chi connectivity index (χ3v) is 3.07. The van der Waals surface area contributed by atoms with Gasteiger partial charge in [-0.05, 0) is 13.0 Å². The van der Waals surface area contributed by atoms with Gasteiger partial charge in [-0.15, -0.1) is 0 Å². The van der Waals surface area contributed by atoms with Crippen LogP contribution in [-0.4, -0.2) is 24.0 Å². The minimum Gasteiger partial charge on any atom is -0.810 e. The lowest BCUT2D eigenvalue weighted by molar-refractivity contribution is -0.318. The van der Waals surface area contributed by atoms with E-state index in [0.29, 0.717) is 12.8 Å². The average Bonchev–Trinajstić information content (AvgIpc) is 1.94. The number of unbranched alkanes of at least 4 members (excludes halogenated alkanes) is 1. The fraction of sp³-hybridized carbons (Fsp3) is 1.00. The zero-order valence-electron chi connectivity index (χ0n) is 10.3. The van der Waals surface area contributed by atoms with Crippen LogP contribution in [0.1, 0.15) is 19.8 Å². The van der Waals surface area contributed by atoms with Crippen molar-refractivity contribution < 1.29 is 28.7 Å². The highest BCUT2D eigenvalue weighted by molar-refractivity contribution is 7.49. The Balaban J connectivity index is -0.000000980. The Labute approximate surface area is 101 Å². The molecule has 0 amide bonds. The Hall–Kier alpha value is 0.180. The summed E-state index contributed by atoms with van der Waals surface area (Å²) in [5.74, 6) is 0. The zero-order valence-corrected chi connectivity index (χ0v) is 12.1. The first-order chi connectivity index (χ1) is 6.64. The van der Waals surface area contributed by atoms with Crippen molar-refractivity contribution in [2.45, 2.75) is 19.8 Å². The lowest BCUT2D eigenvalue weighted by Gasteiger charge is -2.41. The predicted molar refractivity (Wildman–Crippen MR) is 58.5 cm³/mol. The molecule has 0 aromatic rings. The molecule has 0 saturated carbocycles. The Morgan fingerprint density at radius 1 is 0.941 bits per heavy atom. The van der Waals surface area contributed by atoms with Crippen LogP contribution in [0.5, 0.6) is 0 Å². The Morgan fingerprint density at radius 3 is 1.53 bits per heavy atom. The molecule has 0 radical (unpaired) electrons. The van der Waals surface area contributed by atoms with E-state index in [0.717, 1.165) is 4.90 Å². The van der Waals surface area contributed by atoms with Crippen LogP contribution in [0.25, 0.3) is 0 Å². The highest BCUT2D eigenvalue weighted by Crippen LogP contribution is 2.30. The van der Waals surface area contributed by atoms with Gasteiger partial charge in [0.25, 0.3) is 0 Å². The summed E-state index contributed by atoms with van der Waals surface area (Å²) in [6.45, 7) is 1.93. The van der Waals surface area contributed by atoms with E-state index in [1.54, 1.807) is 0 Å². The van der Waals surface area contributed by atoms with E-state index in [2.05, 4.69) is 0 Å². The largest absolute Gasteiger partial charge is 0.810 e. The maximum Gasteiger partial charge on any atom is 0.0264 e. The van der Waals surface area contributed by atoms with Crippen molar-refractivity contribution in [2.75, 3.05) is 19.1 Å². The minimum atomic E-state index is -4.82. The van der Waals surface area contributed by atoms with Crippen LogP contribution in [0, 0.1) is 0 Å². The molecule has 0 fully saturated rings. The molecule has 9 nitrogen and oxygen atoms in total. The maximum absolute atomic E-state index is 10.4. The van der Waals surface area contributed by atoms with Crippen LogP contribution in [-0.2, 0) is 9.13 Å². The zero-order chi connectivity index (χ0) is 12.1. The fourth-order valence-electron chi connectivity index (χ4n) is 1.06. The molecule has 11 heteroatoms. The molecule has 0 aromatic carbocycles. The highest BCUT2D eigenvalue weighted by Gasteiger charge is 2.07. The molecule has 0 atom stereocenters. The van der Waals surface area contributed by atoms with E-state index < -0.39 is 27.8 Å². The van der Waals surface area contributed by atoms with Crippen LogP contribution in [0.2, 0.25) is 0 Å². The van der Waals surface area contributed by atoms with Gasteiger partial charge in [0.2, 0.25) is 0 Å². The van der Waals surface area contributed by atoms with Gasteiger partial charge in [-0.3, -0.25) is 4.90 Å². The van der Waals surface area contributed by atoms with Gasteiger partial charge in [-0.1, -0.05) is 28.5 Å². The van der Waals surface area contributed by atoms with Gasteiger partial charge in [-0.25, -0.2) is 0 Å². The summed E-state index contributed by atoms with van der Waals surface area (Å²) in [6.07, 6.45) is -0.594. The van der Waals surface area contributed by atoms with E-state index in [1.165, 1.54) is 0 Å². The van der Waals surface area contributed by atoms with Crippen molar-refractivity contribution in [3.8, 4) is 0 Å². The number of hydrogen-bond acceptors (Lipinski definition) is 7. The summed E-state index contributed by atoms with van der Waals surface area (Å²) in [4.78, 5) is 42.6. The van der Waals surface area contributed by atoms with Crippen LogP contribution < -0.4 is 31.9 Å². The van der Waals surface area contributed by atoms with Gasteiger partial charge >= 0.3 is 0 Å². The molecule has 108 valence electrons. The third-order valence-electron chi connectivity index (χ3n) is 1.57. The molecule has 0 aliphatic carbocycles. The molecule has 17 heavy (non-hydrogen) atoms. The molecule has 0 unspecified atom stereocenters. The highest BCUT2D eigenvalue weighted by atomic mass is 31.2. The van der Waals surface area contributed by atoms with E-state index >= 15 is 0 Å². The maximum atomic E-state index is 10.4. The quantitative estimate of drug-likeness (QED) is 0.535. The number of nitrogens with zero attached hydrogens (tertiary/aromatic N) is 1. The second-order valence-corrected chi connectivity index (χ2v) is 6.26. The SMILES string of the molecule is CCCCN(CP(=O)([O-])[O-])CP(=O)([O-])[O-].[NH4+].[NH4+]. The Morgan fingerprint density at radius 2 is 1.29 bits per heavy atom. The summed E-state index contributed by atoms with van der Waals surface area (Å²) in [5, 5.41) is 0. The molecule has 0 aromatic heterocycles. The molecule has 0 bridgehead atoms. The van der Waals surface area contributed by atoms with E-state index in [-0.39, 0.29) is 18.8 Å². The normalized spacial score (nSPS) is 11.9. The average molecular weight is 293 g/mol. The van der Waals surface area contributed by atoms with Gasteiger partial charge in [-0.2, -0.15) is 0 Å². The van der Waals surface area contributed by atoms with Gasteiger partial charge in [0.15, 0.2) is 0 Å². The van der Waals surface area contributed by atoms with E-state index in [4.69, 9.17) is 0 Å². The van der Waals surface area contributed by atoms with Crippen molar-refractivity contribution in [2.24, 2.45) is 0 Å². The summed E-state index contributed by atoms with van der Waals surface area (Å²) in [5.41, 5.74) is 0. The first kappa shape index (κ1) is 22.4. The van der Waals surface area contributed by atoms with Crippen LogP contribution in [0.4, 0.5) is 0 Å². The number of hydrogen-bond donors (Lipinski definition) is 2. The molecule has 0 spiro atoms. The second kappa shape index (κ2) is 9.16. The third kappa shape index (κ3) is 16.2. The van der Waals surface area contributed by atoms with Gasteiger partial charge in [0, 0.05) is 12.6 Å². The van der Waals surface area contributed by atoms with E-state index in [9.17, 15) is 28.7 Å². The molecule has 0 rings (SSSR count). The van der Waals surface area contributed by atoms with Gasteiger partial charge in [0.05, 0.1) is 0 Å². The molecular weight excluding hydrogens is 272 g/mol. The van der Waals surface area contributed by atoms with Crippen molar-refractivity contribution in [3.63, 3.8) is 0 Å². The molecular formula is C6H21N3O6P2-2. The van der Waals surface area contributed by atoms with Crippen molar-refractivity contribution in [1.82, 2.24) is 17.2 Å². The number of rotatable bonds is 7. The lowest BCUT2D eigenvalue weighted by Crippen LogP contribution is -2.36. The molecule has 0 aliphatic rings.